The summed E-state index contributed by atoms with van der Waals surface area (Å²) < 4.78 is 54.0. The molecule has 1 aliphatic carbocycles. The zero-order valence-electron chi connectivity index (χ0n) is 14.8. The Labute approximate surface area is 158 Å². The van der Waals surface area contributed by atoms with Crippen molar-refractivity contribution in [2.24, 2.45) is 0 Å². The van der Waals surface area contributed by atoms with Crippen molar-refractivity contribution in [1.82, 2.24) is 14.9 Å². The van der Waals surface area contributed by atoms with Gasteiger partial charge in [-0.2, -0.15) is 13.2 Å². The molecule has 0 spiro atoms. The summed E-state index contributed by atoms with van der Waals surface area (Å²) >= 11 is 0. The zero-order valence-corrected chi connectivity index (χ0v) is 14.8. The fraction of sp³-hybridized carbons (Fsp3) is 0.300. The molecule has 1 aliphatic rings. The topological polar surface area (TPSA) is 46.9 Å². The maximum Gasteiger partial charge on any atom is 0.449 e. The van der Waals surface area contributed by atoms with E-state index in [0.717, 1.165) is 23.0 Å². The van der Waals surface area contributed by atoms with E-state index in [1.165, 1.54) is 24.3 Å². The summed E-state index contributed by atoms with van der Waals surface area (Å²) in [5, 5.41) is 2.73. The molecule has 1 N–H and O–H groups in total. The SMILES string of the molecule is O=C(Cn1c(C(F)(F)F)nc2ccccc21)NCC1(c2ccc(F)cc2)CC1. The standard InChI is InChI=1S/C20H17F4N3O/c21-14-7-5-13(6-8-14)19(9-10-19)12-25-17(28)11-27-16-4-2-1-3-15(16)26-18(27)20(22,23)24/h1-8H,9-12H2,(H,25,28). The second-order valence-corrected chi connectivity index (χ2v) is 7.07. The molecule has 1 aromatic heterocycles. The molecule has 0 unspecified atom stereocenters. The number of carbonyl (C=O) groups excluding carboxylic acids is 1. The lowest BCUT2D eigenvalue weighted by Gasteiger charge is -2.17. The van der Waals surface area contributed by atoms with Crippen molar-refractivity contribution in [2.75, 3.05) is 6.54 Å². The third-order valence-corrected chi connectivity index (χ3v) is 5.14. The number of nitrogens with one attached hydrogen (secondary N) is 1. The van der Waals surface area contributed by atoms with E-state index in [1.807, 2.05) is 0 Å². The number of benzene rings is 2. The fourth-order valence-electron chi connectivity index (χ4n) is 3.44. The predicted molar refractivity (Wildman–Crippen MR) is 95.1 cm³/mol. The highest BCUT2D eigenvalue weighted by Crippen LogP contribution is 2.47. The normalized spacial score (nSPS) is 15.6. The van der Waals surface area contributed by atoms with Gasteiger partial charge >= 0.3 is 6.18 Å². The number of amides is 1. The van der Waals surface area contributed by atoms with Crippen LogP contribution in [0.1, 0.15) is 24.2 Å². The Hall–Kier alpha value is -2.90. The number of halogens is 4. The minimum absolute atomic E-state index is 0.188. The van der Waals surface area contributed by atoms with Crippen molar-refractivity contribution in [3.63, 3.8) is 0 Å². The molecule has 4 rings (SSSR count). The Morgan fingerprint density at radius 1 is 1.11 bits per heavy atom. The summed E-state index contributed by atoms with van der Waals surface area (Å²) in [7, 11) is 0. The third-order valence-electron chi connectivity index (χ3n) is 5.14. The van der Waals surface area contributed by atoms with Gasteiger partial charge in [-0.15, -0.1) is 0 Å². The second-order valence-electron chi connectivity index (χ2n) is 7.07. The van der Waals surface area contributed by atoms with Crippen molar-refractivity contribution < 1.29 is 22.4 Å². The van der Waals surface area contributed by atoms with E-state index in [4.69, 9.17) is 0 Å². The van der Waals surface area contributed by atoms with Crippen LogP contribution in [0.3, 0.4) is 0 Å². The lowest BCUT2D eigenvalue weighted by atomic mass is 9.96. The first-order chi connectivity index (χ1) is 13.3. The van der Waals surface area contributed by atoms with Gasteiger partial charge in [0.2, 0.25) is 11.7 Å². The maximum absolute atomic E-state index is 13.3. The Balaban J connectivity index is 1.51. The highest BCUT2D eigenvalue weighted by molar-refractivity contribution is 5.81. The Morgan fingerprint density at radius 3 is 2.43 bits per heavy atom. The number of alkyl halides is 3. The van der Waals surface area contributed by atoms with Gasteiger partial charge in [0, 0.05) is 12.0 Å². The summed E-state index contributed by atoms with van der Waals surface area (Å²) in [5.41, 5.74) is 1.09. The van der Waals surface area contributed by atoms with E-state index < -0.39 is 24.5 Å². The molecule has 0 radical (unpaired) electrons. The van der Waals surface area contributed by atoms with Gasteiger partial charge in [0.15, 0.2) is 0 Å². The first kappa shape index (κ1) is 18.5. The number of aromatic nitrogens is 2. The largest absolute Gasteiger partial charge is 0.449 e. The van der Waals surface area contributed by atoms with Crippen molar-refractivity contribution in [3.8, 4) is 0 Å². The molecule has 1 amide bonds. The fourth-order valence-corrected chi connectivity index (χ4v) is 3.44. The molecule has 0 aliphatic heterocycles. The van der Waals surface area contributed by atoms with E-state index in [0.29, 0.717) is 6.54 Å². The first-order valence-corrected chi connectivity index (χ1v) is 8.84. The van der Waals surface area contributed by atoms with Crippen molar-refractivity contribution in [2.45, 2.75) is 31.0 Å². The van der Waals surface area contributed by atoms with Gasteiger partial charge in [-0.1, -0.05) is 24.3 Å². The molecule has 1 heterocycles. The van der Waals surface area contributed by atoms with Crippen LogP contribution >= 0.6 is 0 Å². The molecule has 1 fully saturated rings. The molecule has 0 saturated heterocycles. The quantitative estimate of drug-likeness (QED) is 0.668. The van der Waals surface area contributed by atoms with E-state index in [9.17, 15) is 22.4 Å². The monoisotopic (exact) mass is 391 g/mol. The number of para-hydroxylation sites is 2. The van der Waals surface area contributed by atoms with Gasteiger partial charge in [-0.05, 0) is 42.7 Å². The second kappa shape index (κ2) is 6.61. The molecule has 3 aromatic rings. The highest BCUT2D eigenvalue weighted by Gasteiger charge is 2.44. The van der Waals surface area contributed by atoms with Gasteiger partial charge in [0.25, 0.3) is 0 Å². The summed E-state index contributed by atoms with van der Waals surface area (Å²) in [6.45, 7) is -0.180. The smallest absolute Gasteiger partial charge is 0.354 e. The highest BCUT2D eigenvalue weighted by atomic mass is 19.4. The first-order valence-electron chi connectivity index (χ1n) is 8.84. The Kier molecular flexibility index (Phi) is 4.36. The van der Waals surface area contributed by atoms with Gasteiger partial charge in [0.1, 0.15) is 12.4 Å². The summed E-state index contributed by atoms with van der Waals surface area (Å²) in [4.78, 5) is 16.0. The van der Waals surface area contributed by atoms with Crippen LogP contribution in [-0.2, 0) is 22.9 Å². The maximum atomic E-state index is 13.3. The summed E-state index contributed by atoms with van der Waals surface area (Å²) in [5.74, 6) is -1.96. The number of nitrogens with zero attached hydrogens (tertiary/aromatic N) is 2. The molecule has 0 bridgehead atoms. The minimum atomic E-state index is -4.66. The van der Waals surface area contributed by atoms with Crippen LogP contribution in [0.15, 0.2) is 48.5 Å². The Morgan fingerprint density at radius 2 is 1.79 bits per heavy atom. The van der Waals surface area contributed by atoms with Gasteiger partial charge in [-0.3, -0.25) is 4.79 Å². The lowest BCUT2D eigenvalue weighted by molar-refractivity contribution is -0.147. The number of hydrogen-bond donors (Lipinski definition) is 1. The Bertz CT molecular complexity index is 1020. The van der Waals surface area contributed by atoms with Crippen LogP contribution in [0.25, 0.3) is 11.0 Å². The number of carbonyl (C=O) groups is 1. The van der Waals surface area contributed by atoms with Crippen LogP contribution in [0.5, 0.6) is 0 Å². The number of hydrogen-bond acceptors (Lipinski definition) is 2. The number of rotatable bonds is 5. The average Bonchev–Trinajstić information content (AvgIpc) is 3.35. The molecule has 2 aromatic carbocycles. The van der Waals surface area contributed by atoms with Gasteiger partial charge in [0.05, 0.1) is 11.0 Å². The van der Waals surface area contributed by atoms with E-state index in [1.54, 1.807) is 24.3 Å². The van der Waals surface area contributed by atoms with Crippen LogP contribution in [0.4, 0.5) is 17.6 Å². The molecule has 146 valence electrons. The molecule has 4 nitrogen and oxygen atoms in total. The van der Waals surface area contributed by atoms with Crippen molar-refractivity contribution in [1.29, 1.82) is 0 Å². The number of imidazole rings is 1. The summed E-state index contributed by atoms with van der Waals surface area (Å²) in [6.07, 6.45) is -2.99. The van der Waals surface area contributed by atoms with Crippen molar-refractivity contribution in [3.05, 3.63) is 65.7 Å². The van der Waals surface area contributed by atoms with Crippen LogP contribution in [0.2, 0.25) is 0 Å². The molecule has 28 heavy (non-hydrogen) atoms. The third kappa shape index (κ3) is 3.46. The van der Waals surface area contributed by atoms with Crippen molar-refractivity contribution >= 4 is 16.9 Å². The molecule has 1 saturated carbocycles. The summed E-state index contributed by atoms with van der Waals surface area (Å²) in [6, 6.07) is 12.3. The molecule has 8 heteroatoms. The minimum Gasteiger partial charge on any atom is -0.354 e. The van der Waals surface area contributed by atoms with Gasteiger partial charge in [-0.25, -0.2) is 9.37 Å². The predicted octanol–water partition coefficient (Wildman–Crippen LogP) is 4.04. The van der Waals surface area contributed by atoms with Crippen LogP contribution in [0, 0.1) is 5.82 Å². The number of fused-ring (bicyclic) bond motifs is 1. The van der Waals surface area contributed by atoms with Gasteiger partial charge < -0.3 is 9.88 Å². The van der Waals surface area contributed by atoms with Crippen LogP contribution in [-0.4, -0.2) is 22.0 Å². The van der Waals surface area contributed by atoms with E-state index >= 15 is 0 Å². The zero-order chi connectivity index (χ0) is 19.9. The van der Waals surface area contributed by atoms with E-state index in [-0.39, 0.29) is 22.3 Å². The molecular formula is C20H17F4N3O. The lowest BCUT2D eigenvalue weighted by Crippen LogP contribution is -2.35. The van der Waals surface area contributed by atoms with E-state index in [2.05, 4.69) is 10.3 Å². The average molecular weight is 391 g/mol. The van der Waals surface area contributed by atoms with Crippen LogP contribution < -0.4 is 5.32 Å². The molecule has 0 atom stereocenters. The molecular weight excluding hydrogens is 374 g/mol.